The number of carbonyl (C=O) groups excluding carboxylic acids is 2. The molecule has 3 rings (SSSR count). The van der Waals surface area contributed by atoms with E-state index in [4.69, 9.17) is 11.6 Å². The fourth-order valence-corrected chi connectivity index (χ4v) is 3.61. The number of anilines is 1. The van der Waals surface area contributed by atoms with Crippen LogP contribution in [0.5, 0.6) is 0 Å². The largest absolute Gasteiger partial charge is 0.465 e. The number of hydrogen-bond acceptors (Lipinski definition) is 5. The Morgan fingerprint density at radius 2 is 2.07 bits per heavy atom. The van der Waals surface area contributed by atoms with Crippen LogP contribution in [0.3, 0.4) is 0 Å². The molecule has 5 nitrogen and oxygen atoms in total. The first-order chi connectivity index (χ1) is 13.4. The third kappa shape index (κ3) is 5.15. The van der Waals surface area contributed by atoms with E-state index in [1.54, 1.807) is 0 Å². The van der Waals surface area contributed by atoms with Crippen LogP contribution in [0.15, 0.2) is 47.8 Å². The van der Waals surface area contributed by atoms with Crippen molar-refractivity contribution in [3.8, 4) is 0 Å². The lowest BCUT2D eigenvalue weighted by molar-refractivity contribution is -0.115. The summed E-state index contributed by atoms with van der Waals surface area (Å²) in [5, 5.41) is 6.00. The van der Waals surface area contributed by atoms with E-state index in [9.17, 15) is 14.0 Å². The summed E-state index contributed by atoms with van der Waals surface area (Å²) in [4.78, 5) is 28.3. The van der Waals surface area contributed by atoms with Gasteiger partial charge in [0.25, 0.3) is 0 Å². The molecule has 1 amide bonds. The number of thiazole rings is 1. The Labute approximate surface area is 170 Å². The highest BCUT2D eigenvalue weighted by atomic mass is 35.5. The van der Waals surface area contributed by atoms with Crippen molar-refractivity contribution in [2.45, 2.75) is 12.8 Å². The van der Waals surface area contributed by atoms with Gasteiger partial charge in [0.05, 0.1) is 29.8 Å². The molecule has 0 fully saturated rings. The van der Waals surface area contributed by atoms with Crippen LogP contribution in [0.1, 0.15) is 26.6 Å². The summed E-state index contributed by atoms with van der Waals surface area (Å²) in [7, 11) is 1.16. The van der Waals surface area contributed by atoms with Crippen molar-refractivity contribution in [3.05, 3.63) is 80.5 Å². The zero-order valence-electron chi connectivity index (χ0n) is 14.9. The normalized spacial score (nSPS) is 10.5. The van der Waals surface area contributed by atoms with E-state index in [1.807, 2.05) is 29.6 Å². The van der Waals surface area contributed by atoms with Gasteiger partial charge in [-0.15, -0.1) is 11.3 Å². The second-order valence-corrected chi connectivity index (χ2v) is 7.33. The average molecular weight is 419 g/mol. The Bertz CT molecular complexity index is 1020. The molecule has 0 aliphatic heterocycles. The van der Waals surface area contributed by atoms with Gasteiger partial charge in [-0.3, -0.25) is 4.79 Å². The molecular weight excluding hydrogens is 403 g/mol. The number of rotatable bonds is 6. The molecule has 2 aromatic carbocycles. The van der Waals surface area contributed by atoms with Crippen LogP contribution in [0.2, 0.25) is 5.02 Å². The molecule has 0 radical (unpaired) electrons. The van der Waals surface area contributed by atoms with Gasteiger partial charge >= 0.3 is 5.97 Å². The van der Waals surface area contributed by atoms with E-state index in [-0.39, 0.29) is 17.9 Å². The highest BCUT2D eigenvalue weighted by molar-refractivity contribution is 7.09. The Morgan fingerprint density at radius 3 is 2.82 bits per heavy atom. The van der Waals surface area contributed by atoms with Crippen LogP contribution >= 0.6 is 22.9 Å². The first-order valence-corrected chi connectivity index (χ1v) is 9.56. The topological polar surface area (TPSA) is 68.3 Å². The number of amides is 1. The smallest absolute Gasteiger partial charge is 0.340 e. The monoisotopic (exact) mass is 418 g/mol. The quantitative estimate of drug-likeness (QED) is 0.599. The van der Waals surface area contributed by atoms with Gasteiger partial charge in [0.15, 0.2) is 0 Å². The molecule has 144 valence electrons. The first-order valence-electron chi connectivity index (χ1n) is 8.30. The Kier molecular flexibility index (Phi) is 6.38. The fourth-order valence-electron chi connectivity index (χ4n) is 2.57. The summed E-state index contributed by atoms with van der Waals surface area (Å²) < 4.78 is 18.2. The van der Waals surface area contributed by atoms with E-state index in [2.05, 4.69) is 15.0 Å². The van der Waals surface area contributed by atoms with Crippen LogP contribution in [-0.2, 0) is 22.4 Å². The standard InChI is InChI=1S/C20H16ClFN2O3S/c1-27-20(26)16-9-14(5-6-17(16)22)23-18(25)10-15-11-28-19(24-15)8-12-3-2-4-13(21)7-12/h2-7,9,11H,8,10H2,1H3,(H,23,25). The minimum atomic E-state index is -0.807. The van der Waals surface area contributed by atoms with E-state index >= 15 is 0 Å². The molecule has 0 spiro atoms. The van der Waals surface area contributed by atoms with Gasteiger partial charge in [-0.25, -0.2) is 14.2 Å². The average Bonchev–Trinajstić information content (AvgIpc) is 3.09. The number of esters is 1. The van der Waals surface area contributed by atoms with Crippen LogP contribution in [-0.4, -0.2) is 24.0 Å². The third-order valence-electron chi connectivity index (χ3n) is 3.84. The molecular formula is C20H16ClFN2O3S. The van der Waals surface area contributed by atoms with E-state index < -0.39 is 11.8 Å². The molecule has 0 atom stereocenters. The summed E-state index contributed by atoms with van der Waals surface area (Å²) in [5.41, 5.74) is 1.74. The Hall–Kier alpha value is -2.77. The number of carbonyl (C=O) groups is 2. The van der Waals surface area contributed by atoms with Gasteiger partial charge in [0.1, 0.15) is 5.82 Å². The molecule has 1 heterocycles. The van der Waals surface area contributed by atoms with Crippen LogP contribution in [0.4, 0.5) is 10.1 Å². The lowest BCUT2D eigenvalue weighted by Crippen LogP contribution is -2.15. The zero-order valence-corrected chi connectivity index (χ0v) is 16.4. The lowest BCUT2D eigenvalue weighted by atomic mass is 10.1. The molecule has 0 aliphatic rings. The van der Waals surface area contributed by atoms with Crippen molar-refractivity contribution < 1.29 is 18.7 Å². The highest BCUT2D eigenvalue weighted by Gasteiger charge is 2.14. The van der Waals surface area contributed by atoms with Crippen LogP contribution in [0, 0.1) is 5.82 Å². The fraction of sp³-hybridized carbons (Fsp3) is 0.150. The molecule has 1 N–H and O–H groups in total. The second-order valence-electron chi connectivity index (χ2n) is 5.95. The number of nitrogens with one attached hydrogen (secondary N) is 1. The minimum Gasteiger partial charge on any atom is -0.465 e. The molecule has 0 saturated carbocycles. The number of ether oxygens (including phenoxy) is 1. The lowest BCUT2D eigenvalue weighted by Gasteiger charge is -2.07. The van der Waals surface area contributed by atoms with Crippen molar-refractivity contribution in [2.75, 3.05) is 12.4 Å². The Balaban J connectivity index is 1.63. The summed E-state index contributed by atoms with van der Waals surface area (Å²) in [6.45, 7) is 0. The highest BCUT2D eigenvalue weighted by Crippen LogP contribution is 2.19. The number of benzene rings is 2. The molecule has 28 heavy (non-hydrogen) atoms. The number of halogens is 2. The van der Waals surface area contributed by atoms with Gasteiger partial charge in [0, 0.05) is 22.5 Å². The minimum absolute atomic E-state index is 0.0664. The van der Waals surface area contributed by atoms with E-state index in [0.29, 0.717) is 22.8 Å². The predicted octanol–water partition coefficient (Wildman–Crippen LogP) is 4.49. The van der Waals surface area contributed by atoms with Gasteiger partial charge in [0.2, 0.25) is 5.91 Å². The van der Waals surface area contributed by atoms with Crippen LogP contribution in [0.25, 0.3) is 0 Å². The number of methoxy groups -OCH3 is 1. The van der Waals surface area contributed by atoms with Crippen LogP contribution < -0.4 is 5.32 Å². The van der Waals surface area contributed by atoms with E-state index in [1.165, 1.54) is 23.5 Å². The van der Waals surface area contributed by atoms with Gasteiger partial charge in [-0.05, 0) is 35.9 Å². The zero-order chi connectivity index (χ0) is 20.1. The van der Waals surface area contributed by atoms with Crippen molar-refractivity contribution in [2.24, 2.45) is 0 Å². The maximum Gasteiger partial charge on any atom is 0.340 e. The molecule has 0 bridgehead atoms. The van der Waals surface area contributed by atoms with Crippen molar-refractivity contribution in [1.29, 1.82) is 0 Å². The third-order valence-corrected chi connectivity index (χ3v) is 4.97. The molecule has 0 unspecified atom stereocenters. The maximum absolute atomic E-state index is 13.7. The molecule has 3 aromatic rings. The molecule has 1 aromatic heterocycles. The SMILES string of the molecule is COC(=O)c1cc(NC(=O)Cc2csc(Cc3cccc(Cl)c3)n2)ccc1F. The van der Waals surface area contributed by atoms with Gasteiger partial charge < -0.3 is 10.1 Å². The first kappa shape index (κ1) is 20.0. The van der Waals surface area contributed by atoms with Crippen molar-refractivity contribution in [3.63, 3.8) is 0 Å². The van der Waals surface area contributed by atoms with Gasteiger partial charge in [-0.2, -0.15) is 0 Å². The summed E-state index contributed by atoms with van der Waals surface area (Å²) in [5.74, 6) is -1.84. The van der Waals surface area contributed by atoms with E-state index in [0.717, 1.165) is 23.7 Å². The summed E-state index contributed by atoms with van der Waals surface area (Å²) >= 11 is 7.45. The maximum atomic E-state index is 13.7. The molecule has 0 aliphatic carbocycles. The summed E-state index contributed by atoms with van der Waals surface area (Å²) in [6.07, 6.45) is 0.699. The van der Waals surface area contributed by atoms with Gasteiger partial charge in [-0.1, -0.05) is 23.7 Å². The molecule has 0 saturated heterocycles. The molecule has 8 heteroatoms. The number of aromatic nitrogens is 1. The summed E-state index contributed by atoms with van der Waals surface area (Å²) in [6, 6.07) is 11.3. The number of hydrogen-bond donors (Lipinski definition) is 1. The Morgan fingerprint density at radius 1 is 1.25 bits per heavy atom. The van der Waals surface area contributed by atoms with Crippen molar-refractivity contribution >= 4 is 40.5 Å². The van der Waals surface area contributed by atoms with Crippen molar-refractivity contribution in [1.82, 2.24) is 4.98 Å². The number of nitrogens with zero attached hydrogens (tertiary/aromatic N) is 1. The second kappa shape index (κ2) is 8.95. The predicted molar refractivity (Wildman–Crippen MR) is 106 cm³/mol.